The molecule has 0 spiro atoms. The molecule has 3 rings (SSSR count). The van der Waals surface area contributed by atoms with Crippen molar-refractivity contribution in [2.75, 3.05) is 33.2 Å². The predicted molar refractivity (Wildman–Crippen MR) is 110 cm³/mol. The van der Waals surface area contributed by atoms with E-state index < -0.39 is 0 Å². The zero-order valence-corrected chi connectivity index (χ0v) is 17.4. The molecular formula is C18H25FIN5O. The normalized spacial score (nSPS) is 15.7. The van der Waals surface area contributed by atoms with Gasteiger partial charge in [0.1, 0.15) is 12.1 Å². The summed E-state index contributed by atoms with van der Waals surface area (Å²) in [5, 5.41) is 7.33. The first-order valence-electron chi connectivity index (χ1n) is 8.48. The average molecular weight is 473 g/mol. The zero-order chi connectivity index (χ0) is 17.6. The Labute approximate surface area is 170 Å². The summed E-state index contributed by atoms with van der Waals surface area (Å²) in [5.41, 5.74) is 2.67. The molecule has 2 heterocycles. The number of aryl methyl sites for hydroxylation is 1. The van der Waals surface area contributed by atoms with Gasteiger partial charge in [-0.15, -0.1) is 24.0 Å². The van der Waals surface area contributed by atoms with Gasteiger partial charge in [0.2, 0.25) is 0 Å². The number of piperazine rings is 1. The third kappa shape index (κ3) is 5.41. The van der Waals surface area contributed by atoms with Crippen LogP contribution in [0.15, 0.2) is 40.0 Å². The number of nitrogens with zero attached hydrogens (tertiary/aromatic N) is 4. The lowest BCUT2D eigenvalue weighted by molar-refractivity contribution is 0.169. The van der Waals surface area contributed by atoms with Crippen molar-refractivity contribution in [2.24, 2.45) is 4.99 Å². The SMILES string of the molecule is CN=C(NCc1ccc(F)c(C)c1)N1CCN(Cc2ccon2)CC1.I. The van der Waals surface area contributed by atoms with Crippen LogP contribution in [0.1, 0.15) is 16.8 Å². The lowest BCUT2D eigenvalue weighted by Crippen LogP contribution is -2.52. The molecule has 1 aliphatic rings. The van der Waals surface area contributed by atoms with Crippen LogP contribution in [0.4, 0.5) is 4.39 Å². The van der Waals surface area contributed by atoms with Crippen molar-refractivity contribution in [2.45, 2.75) is 20.0 Å². The number of nitrogens with one attached hydrogen (secondary N) is 1. The van der Waals surface area contributed by atoms with E-state index in [9.17, 15) is 4.39 Å². The van der Waals surface area contributed by atoms with Gasteiger partial charge in [0, 0.05) is 52.4 Å². The van der Waals surface area contributed by atoms with Crippen LogP contribution in [0, 0.1) is 12.7 Å². The molecule has 1 N–H and O–H groups in total. The van der Waals surface area contributed by atoms with E-state index in [-0.39, 0.29) is 29.8 Å². The van der Waals surface area contributed by atoms with Crippen LogP contribution >= 0.6 is 24.0 Å². The van der Waals surface area contributed by atoms with E-state index in [2.05, 4.69) is 25.3 Å². The number of hydrogen-bond donors (Lipinski definition) is 1. The Hall–Kier alpha value is -1.68. The largest absolute Gasteiger partial charge is 0.364 e. The van der Waals surface area contributed by atoms with Crippen molar-refractivity contribution in [3.05, 3.63) is 53.2 Å². The van der Waals surface area contributed by atoms with Crippen molar-refractivity contribution in [3.63, 3.8) is 0 Å². The topological polar surface area (TPSA) is 56.9 Å². The summed E-state index contributed by atoms with van der Waals surface area (Å²) in [6.07, 6.45) is 1.61. The molecule has 0 atom stereocenters. The molecule has 1 fully saturated rings. The highest BCUT2D eigenvalue weighted by Crippen LogP contribution is 2.10. The highest BCUT2D eigenvalue weighted by molar-refractivity contribution is 14.0. The Morgan fingerprint density at radius 3 is 2.65 bits per heavy atom. The Kier molecular flexibility index (Phi) is 7.83. The number of benzene rings is 1. The summed E-state index contributed by atoms with van der Waals surface area (Å²) in [7, 11) is 1.79. The Balaban J connectivity index is 0.00000243. The maximum absolute atomic E-state index is 13.4. The van der Waals surface area contributed by atoms with Crippen LogP contribution in [0.25, 0.3) is 0 Å². The third-order valence-corrected chi connectivity index (χ3v) is 4.43. The molecular weight excluding hydrogens is 448 g/mol. The summed E-state index contributed by atoms with van der Waals surface area (Å²) in [6, 6.07) is 7.08. The highest BCUT2D eigenvalue weighted by Gasteiger charge is 2.20. The Morgan fingerprint density at radius 1 is 1.27 bits per heavy atom. The van der Waals surface area contributed by atoms with Gasteiger partial charge in [-0.1, -0.05) is 17.3 Å². The molecule has 1 aromatic carbocycles. The van der Waals surface area contributed by atoms with Gasteiger partial charge in [0.15, 0.2) is 5.96 Å². The highest BCUT2D eigenvalue weighted by atomic mass is 127. The van der Waals surface area contributed by atoms with Crippen molar-refractivity contribution < 1.29 is 8.91 Å². The van der Waals surface area contributed by atoms with E-state index in [1.54, 1.807) is 26.3 Å². The fraction of sp³-hybridized carbons (Fsp3) is 0.444. The van der Waals surface area contributed by atoms with E-state index in [0.717, 1.165) is 49.9 Å². The van der Waals surface area contributed by atoms with Crippen LogP contribution in [0.2, 0.25) is 0 Å². The molecule has 8 heteroatoms. The summed E-state index contributed by atoms with van der Waals surface area (Å²) < 4.78 is 18.2. The van der Waals surface area contributed by atoms with Gasteiger partial charge < -0.3 is 14.7 Å². The van der Waals surface area contributed by atoms with Crippen LogP contribution in [-0.2, 0) is 13.1 Å². The van der Waals surface area contributed by atoms with Crippen molar-refractivity contribution in [1.29, 1.82) is 0 Å². The first-order valence-corrected chi connectivity index (χ1v) is 8.48. The fourth-order valence-electron chi connectivity index (χ4n) is 3.00. The number of guanidine groups is 1. The third-order valence-electron chi connectivity index (χ3n) is 4.43. The van der Waals surface area contributed by atoms with Crippen LogP contribution in [0.5, 0.6) is 0 Å². The van der Waals surface area contributed by atoms with Gasteiger partial charge in [-0.3, -0.25) is 9.89 Å². The monoisotopic (exact) mass is 473 g/mol. The molecule has 1 saturated heterocycles. The summed E-state index contributed by atoms with van der Waals surface area (Å²) in [5.74, 6) is 0.708. The summed E-state index contributed by atoms with van der Waals surface area (Å²) >= 11 is 0. The zero-order valence-electron chi connectivity index (χ0n) is 15.1. The fourth-order valence-corrected chi connectivity index (χ4v) is 3.00. The van der Waals surface area contributed by atoms with Crippen LogP contribution in [0.3, 0.4) is 0 Å². The molecule has 0 bridgehead atoms. The average Bonchev–Trinajstić information content (AvgIpc) is 3.13. The number of halogens is 2. The van der Waals surface area contributed by atoms with E-state index >= 15 is 0 Å². The first kappa shape index (κ1) is 20.6. The molecule has 2 aromatic rings. The standard InChI is InChI=1S/C18H24FN5O.HI/c1-14-11-15(3-4-17(14)19)12-21-18(20-2)24-8-6-23(7-9-24)13-16-5-10-25-22-16;/h3-5,10-11H,6-9,12-13H2,1-2H3,(H,20,21);1H. The Morgan fingerprint density at radius 2 is 2.04 bits per heavy atom. The minimum absolute atomic E-state index is 0. The van der Waals surface area contributed by atoms with Crippen molar-refractivity contribution in [3.8, 4) is 0 Å². The molecule has 6 nitrogen and oxygen atoms in total. The lowest BCUT2D eigenvalue weighted by Gasteiger charge is -2.36. The molecule has 26 heavy (non-hydrogen) atoms. The van der Waals surface area contributed by atoms with Crippen molar-refractivity contribution >= 4 is 29.9 Å². The molecule has 0 radical (unpaired) electrons. The number of aliphatic imine (C=N–C) groups is 1. The van der Waals surface area contributed by atoms with Crippen LogP contribution < -0.4 is 5.32 Å². The molecule has 0 amide bonds. The molecule has 142 valence electrons. The number of aromatic nitrogens is 1. The quantitative estimate of drug-likeness (QED) is 0.421. The molecule has 0 saturated carbocycles. The minimum atomic E-state index is -0.170. The van der Waals surface area contributed by atoms with Gasteiger partial charge in [0.25, 0.3) is 0 Å². The smallest absolute Gasteiger partial charge is 0.194 e. The van der Waals surface area contributed by atoms with E-state index in [1.807, 2.05) is 12.1 Å². The van der Waals surface area contributed by atoms with Gasteiger partial charge in [-0.05, 0) is 24.1 Å². The summed E-state index contributed by atoms with van der Waals surface area (Å²) in [6.45, 7) is 6.92. The molecule has 1 aromatic heterocycles. The molecule has 0 unspecified atom stereocenters. The van der Waals surface area contributed by atoms with Crippen LogP contribution in [-0.4, -0.2) is 54.1 Å². The second-order valence-corrected chi connectivity index (χ2v) is 6.24. The van der Waals surface area contributed by atoms with Gasteiger partial charge in [0.05, 0.1) is 5.69 Å². The first-order chi connectivity index (χ1) is 12.2. The van der Waals surface area contributed by atoms with Gasteiger partial charge in [-0.2, -0.15) is 0 Å². The van der Waals surface area contributed by atoms with Gasteiger partial charge >= 0.3 is 0 Å². The second kappa shape index (κ2) is 9.86. The maximum atomic E-state index is 13.4. The maximum Gasteiger partial charge on any atom is 0.194 e. The lowest BCUT2D eigenvalue weighted by atomic mass is 10.1. The minimum Gasteiger partial charge on any atom is -0.364 e. The summed E-state index contributed by atoms with van der Waals surface area (Å²) in [4.78, 5) is 8.98. The predicted octanol–water partition coefficient (Wildman–Crippen LogP) is 2.63. The number of hydrogen-bond acceptors (Lipinski definition) is 4. The van der Waals surface area contributed by atoms with E-state index in [0.29, 0.717) is 12.1 Å². The molecule has 1 aliphatic heterocycles. The van der Waals surface area contributed by atoms with Gasteiger partial charge in [-0.25, -0.2) is 4.39 Å². The Bertz CT molecular complexity index is 714. The number of rotatable bonds is 4. The second-order valence-electron chi connectivity index (χ2n) is 6.24. The van der Waals surface area contributed by atoms with E-state index in [4.69, 9.17) is 4.52 Å². The van der Waals surface area contributed by atoms with E-state index in [1.165, 1.54) is 6.07 Å². The molecule has 0 aliphatic carbocycles. The van der Waals surface area contributed by atoms with Crippen molar-refractivity contribution in [1.82, 2.24) is 20.3 Å².